The molecule has 3 heterocycles. The van der Waals surface area contributed by atoms with Crippen LogP contribution in [0, 0.1) is 0 Å². The van der Waals surface area contributed by atoms with E-state index in [9.17, 15) is 0 Å². The maximum absolute atomic E-state index is 5.80. The van der Waals surface area contributed by atoms with Crippen LogP contribution in [0.25, 0.3) is 5.65 Å². The Morgan fingerprint density at radius 1 is 1.44 bits per heavy atom. The summed E-state index contributed by atoms with van der Waals surface area (Å²) in [6.07, 6.45) is 6.59. The molecule has 0 aliphatic carbocycles. The van der Waals surface area contributed by atoms with Gasteiger partial charge in [0.05, 0.1) is 11.7 Å². The summed E-state index contributed by atoms with van der Waals surface area (Å²) in [6.45, 7) is 5.69. The van der Waals surface area contributed by atoms with E-state index in [1.165, 1.54) is 25.1 Å². The van der Waals surface area contributed by atoms with Crippen molar-refractivity contribution in [3.05, 3.63) is 30.2 Å². The highest BCUT2D eigenvalue weighted by Gasteiger charge is 2.29. The molecule has 0 saturated carbocycles. The van der Waals surface area contributed by atoms with Crippen molar-refractivity contribution >= 4 is 11.3 Å². The summed E-state index contributed by atoms with van der Waals surface area (Å²) in [4.78, 5) is 7.26. The van der Waals surface area contributed by atoms with Crippen molar-refractivity contribution in [3.8, 4) is 0 Å². The predicted octanol–water partition coefficient (Wildman–Crippen LogP) is 2.46. The van der Waals surface area contributed by atoms with Gasteiger partial charge in [-0.3, -0.25) is 4.90 Å². The number of likely N-dealkylation sites (tertiary alicyclic amines) is 1. The van der Waals surface area contributed by atoms with Crippen molar-refractivity contribution < 1.29 is 0 Å². The van der Waals surface area contributed by atoms with Crippen LogP contribution < -0.4 is 5.73 Å². The Morgan fingerprint density at radius 2 is 2.28 bits per heavy atom. The van der Waals surface area contributed by atoms with E-state index in [0.717, 1.165) is 11.3 Å². The number of hydrogen-bond acceptors (Lipinski definition) is 3. The molecule has 0 spiro atoms. The van der Waals surface area contributed by atoms with Gasteiger partial charge in [0.2, 0.25) is 0 Å². The highest BCUT2D eigenvalue weighted by Crippen LogP contribution is 2.33. The van der Waals surface area contributed by atoms with Gasteiger partial charge in [0.1, 0.15) is 5.65 Å². The monoisotopic (exact) mass is 244 g/mol. The van der Waals surface area contributed by atoms with Gasteiger partial charge in [-0.2, -0.15) is 0 Å². The Kier molecular flexibility index (Phi) is 2.74. The van der Waals surface area contributed by atoms with Gasteiger partial charge < -0.3 is 10.1 Å². The van der Waals surface area contributed by atoms with Crippen LogP contribution in [-0.4, -0.2) is 26.9 Å². The zero-order valence-corrected chi connectivity index (χ0v) is 11.0. The van der Waals surface area contributed by atoms with Gasteiger partial charge in [-0.05, 0) is 39.3 Å². The first-order valence-corrected chi connectivity index (χ1v) is 6.65. The quantitative estimate of drug-likeness (QED) is 0.882. The largest absolute Gasteiger partial charge is 0.399 e. The average molecular weight is 244 g/mol. The molecule has 4 nitrogen and oxygen atoms in total. The van der Waals surface area contributed by atoms with E-state index in [1.54, 1.807) is 0 Å². The Balaban J connectivity index is 1.98. The molecule has 18 heavy (non-hydrogen) atoms. The third-order valence-corrected chi connectivity index (χ3v) is 3.80. The minimum atomic E-state index is 0.464. The average Bonchev–Trinajstić information content (AvgIpc) is 2.93. The van der Waals surface area contributed by atoms with Crippen LogP contribution in [-0.2, 0) is 0 Å². The highest BCUT2D eigenvalue weighted by molar-refractivity contribution is 5.52. The zero-order chi connectivity index (χ0) is 12.7. The number of imidazole rings is 1. The lowest BCUT2D eigenvalue weighted by Gasteiger charge is -2.26. The number of fused-ring (bicyclic) bond motifs is 1. The second kappa shape index (κ2) is 4.28. The molecule has 1 saturated heterocycles. The molecular weight excluding hydrogens is 224 g/mol. The number of rotatable bonds is 2. The van der Waals surface area contributed by atoms with Crippen molar-refractivity contribution in [3.63, 3.8) is 0 Å². The normalized spacial score (nSPS) is 21.2. The summed E-state index contributed by atoms with van der Waals surface area (Å²) < 4.78 is 2.06. The summed E-state index contributed by atoms with van der Waals surface area (Å²) in [5, 5.41) is 0. The van der Waals surface area contributed by atoms with Crippen LogP contribution in [0.4, 0.5) is 5.69 Å². The van der Waals surface area contributed by atoms with Gasteiger partial charge in [0.25, 0.3) is 0 Å². The number of nitrogens with zero attached hydrogens (tertiary/aromatic N) is 3. The molecule has 1 aliphatic rings. The third kappa shape index (κ3) is 1.86. The molecule has 2 aromatic heterocycles. The van der Waals surface area contributed by atoms with Crippen molar-refractivity contribution in [2.24, 2.45) is 0 Å². The van der Waals surface area contributed by atoms with Crippen molar-refractivity contribution in [2.75, 3.05) is 12.3 Å². The van der Waals surface area contributed by atoms with Crippen LogP contribution in [0.1, 0.15) is 38.4 Å². The first kappa shape index (κ1) is 11.5. The fourth-order valence-electron chi connectivity index (χ4n) is 2.90. The Morgan fingerprint density at radius 3 is 3.06 bits per heavy atom. The Bertz CT molecular complexity index is 558. The van der Waals surface area contributed by atoms with E-state index >= 15 is 0 Å². The molecule has 1 fully saturated rings. The number of aromatic nitrogens is 2. The molecule has 0 radical (unpaired) electrons. The first-order chi connectivity index (χ1) is 8.65. The van der Waals surface area contributed by atoms with Crippen LogP contribution in [0.3, 0.4) is 0 Å². The van der Waals surface area contributed by atoms with Gasteiger partial charge in [-0.15, -0.1) is 0 Å². The van der Waals surface area contributed by atoms with Gasteiger partial charge in [-0.25, -0.2) is 4.98 Å². The minimum absolute atomic E-state index is 0.464. The molecule has 2 N–H and O–H groups in total. The fraction of sp³-hybridized carbons (Fsp3) is 0.500. The highest BCUT2D eigenvalue weighted by atomic mass is 15.2. The molecular formula is C14H20N4. The third-order valence-electron chi connectivity index (χ3n) is 3.80. The van der Waals surface area contributed by atoms with Crippen LogP contribution in [0.15, 0.2) is 24.5 Å². The van der Waals surface area contributed by atoms with Gasteiger partial charge in [0, 0.05) is 30.2 Å². The number of pyridine rings is 1. The van der Waals surface area contributed by atoms with Crippen LogP contribution in [0.2, 0.25) is 0 Å². The fourth-order valence-corrected chi connectivity index (χ4v) is 2.90. The molecule has 0 amide bonds. The molecule has 96 valence electrons. The second-order valence-corrected chi connectivity index (χ2v) is 5.38. The maximum Gasteiger partial charge on any atom is 0.139 e. The van der Waals surface area contributed by atoms with E-state index < -0.39 is 0 Å². The lowest BCUT2D eigenvalue weighted by molar-refractivity contribution is 0.202. The minimum Gasteiger partial charge on any atom is -0.399 e. The van der Waals surface area contributed by atoms with E-state index in [-0.39, 0.29) is 0 Å². The van der Waals surface area contributed by atoms with Gasteiger partial charge in [0.15, 0.2) is 0 Å². The molecule has 4 heteroatoms. The zero-order valence-electron chi connectivity index (χ0n) is 11.0. The van der Waals surface area contributed by atoms with Gasteiger partial charge in [-0.1, -0.05) is 0 Å². The molecule has 1 unspecified atom stereocenters. The summed E-state index contributed by atoms with van der Waals surface area (Å²) in [7, 11) is 0. The molecule has 1 aliphatic heterocycles. The molecule has 0 aromatic carbocycles. The standard InChI is InChI=1S/C14H20N4/c1-10(2)18-6-3-4-13(18)12-9-17-7-5-11(15)8-14(17)16-12/h5,7-10,13H,3-4,6,15H2,1-2H3. The van der Waals surface area contributed by atoms with E-state index in [1.807, 2.05) is 18.3 Å². The number of anilines is 1. The van der Waals surface area contributed by atoms with Crippen molar-refractivity contribution in [1.29, 1.82) is 0 Å². The number of nitrogen functional groups attached to an aromatic ring is 1. The molecule has 2 aromatic rings. The maximum atomic E-state index is 5.80. The van der Waals surface area contributed by atoms with Crippen LogP contribution >= 0.6 is 0 Å². The van der Waals surface area contributed by atoms with E-state index in [4.69, 9.17) is 10.7 Å². The predicted molar refractivity (Wildman–Crippen MR) is 73.4 cm³/mol. The second-order valence-electron chi connectivity index (χ2n) is 5.38. The smallest absolute Gasteiger partial charge is 0.139 e. The number of nitrogens with two attached hydrogens (primary N) is 1. The Labute approximate surface area is 107 Å². The topological polar surface area (TPSA) is 46.6 Å². The van der Waals surface area contributed by atoms with Crippen LogP contribution in [0.5, 0.6) is 0 Å². The lowest BCUT2D eigenvalue weighted by atomic mass is 10.1. The molecule has 3 rings (SSSR count). The van der Waals surface area contributed by atoms with Crippen molar-refractivity contribution in [1.82, 2.24) is 14.3 Å². The summed E-state index contributed by atoms with van der Waals surface area (Å²) in [5.74, 6) is 0. The molecule has 0 bridgehead atoms. The summed E-state index contributed by atoms with van der Waals surface area (Å²) >= 11 is 0. The van der Waals surface area contributed by atoms with Crippen molar-refractivity contribution in [2.45, 2.75) is 38.8 Å². The summed E-state index contributed by atoms with van der Waals surface area (Å²) in [6, 6.07) is 4.88. The number of hydrogen-bond donors (Lipinski definition) is 1. The van der Waals surface area contributed by atoms with E-state index in [2.05, 4.69) is 29.3 Å². The van der Waals surface area contributed by atoms with Gasteiger partial charge >= 0.3 is 0 Å². The SMILES string of the molecule is CC(C)N1CCCC1c1cn2ccc(N)cc2n1. The summed E-state index contributed by atoms with van der Waals surface area (Å²) in [5.41, 5.74) is 8.69. The Hall–Kier alpha value is -1.55. The van der Waals surface area contributed by atoms with E-state index in [0.29, 0.717) is 12.1 Å². The lowest BCUT2D eigenvalue weighted by Crippen LogP contribution is -2.30. The first-order valence-electron chi connectivity index (χ1n) is 6.65. The molecule has 1 atom stereocenters.